The molecule has 0 unspecified atom stereocenters. The van der Waals surface area contributed by atoms with E-state index in [4.69, 9.17) is 4.42 Å². The molecule has 1 fully saturated rings. The number of anilines is 9. The minimum absolute atomic E-state index is 0.0324. The monoisotopic (exact) mass is 835 g/mol. The van der Waals surface area contributed by atoms with Gasteiger partial charge in [-0.2, -0.15) is 0 Å². The molecular weight excluding hydrogens is 789 g/mol. The molecular formula is C60H46BN3O. The van der Waals surface area contributed by atoms with E-state index in [1.807, 2.05) is 6.07 Å². The summed E-state index contributed by atoms with van der Waals surface area (Å²) in [6, 6.07) is 78.1. The molecule has 3 heterocycles. The fourth-order valence-electron chi connectivity index (χ4n) is 11.3. The first kappa shape index (κ1) is 37.8. The number of hydrogen-bond donors (Lipinski definition) is 0. The Morgan fingerprint density at radius 1 is 0.446 bits per heavy atom. The van der Waals surface area contributed by atoms with Gasteiger partial charge in [-0.05, 0) is 143 Å². The van der Waals surface area contributed by atoms with Crippen molar-refractivity contribution in [3.8, 4) is 11.1 Å². The van der Waals surface area contributed by atoms with Gasteiger partial charge in [0, 0.05) is 62.0 Å². The van der Waals surface area contributed by atoms with Gasteiger partial charge in [-0.1, -0.05) is 141 Å². The number of rotatable bonds is 7. The van der Waals surface area contributed by atoms with Gasteiger partial charge in [0.25, 0.3) is 6.71 Å². The molecule has 0 N–H and O–H groups in total. The van der Waals surface area contributed by atoms with Crippen LogP contribution in [-0.4, -0.2) is 6.71 Å². The van der Waals surface area contributed by atoms with Crippen LogP contribution in [-0.2, 0) is 0 Å². The van der Waals surface area contributed by atoms with Crippen molar-refractivity contribution in [1.82, 2.24) is 0 Å². The molecule has 1 aliphatic carbocycles. The summed E-state index contributed by atoms with van der Waals surface area (Å²) in [5.74, 6) is 0.507. The van der Waals surface area contributed by atoms with Crippen molar-refractivity contribution in [3.05, 3.63) is 218 Å². The summed E-state index contributed by atoms with van der Waals surface area (Å²) in [6.45, 7) is 0.0324. The van der Waals surface area contributed by atoms with Gasteiger partial charge in [0.1, 0.15) is 11.2 Å². The van der Waals surface area contributed by atoms with Gasteiger partial charge in [-0.15, -0.1) is 0 Å². The Kier molecular flexibility index (Phi) is 9.00. The zero-order chi connectivity index (χ0) is 42.8. The second kappa shape index (κ2) is 15.5. The Bertz CT molecular complexity index is 3340. The van der Waals surface area contributed by atoms with Gasteiger partial charge < -0.3 is 19.1 Å². The first-order valence-electron chi connectivity index (χ1n) is 23.2. The molecule has 5 heteroatoms. The van der Waals surface area contributed by atoms with Crippen molar-refractivity contribution < 1.29 is 4.42 Å². The highest BCUT2D eigenvalue weighted by atomic mass is 16.3. The van der Waals surface area contributed by atoms with Crippen LogP contribution in [0.5, 0.6) is 0 Å². The van der Waals surface area contributed by atoms with Gasteiger partial charge in [-0.25, -0.2) is 0 Å². The normalized spacial score (nSPS) is 14.3. The lowest BCUT2D eigenvalue weighted by Crippen LogP contribution is -2.61. The number of para-hydroxylation sites is 5. The van der Waals surface area contributed by atoms with Crippen LogP contribution in [0.2, 0.25) is 0 Å². The van der Waals surface area contributed by atoms with Crippen molar-refractivity contribution >= 4 is 96.2 Å². The van der Waals surface area contributed by atoms with Crippen molar-refractivity contribution in [2.24, 2.45) is 0 Å². The Morgan fingerprint density at radius 3 is 1.78 bits per heavy atom. The van der Waals surface area contributed by atoms with E-state index in [1.54, 1.807) is 0 Å². The summed E-state index contributed by atoms with van der Waals surface area (Å²) in [5, 5.41) is 2.30. The first-order valence-corrected chi connectivity index (χ1v) is 23.2. The van der Waals surface area contributed by atoms with E-state index in [9.17, 15) is 0 Å². The summed E-state index contributed by atoms with van der Waals surface area (Å²) < 4.78 is 6.35. The van der Waals surface area contributed by atoms with Crippen LogP contribution in [0.25, 0.3) is 33.1 Å². The van der Waals surface area contributed by atoms with Crippen LogP contribution >= 0.6 is 0 Å². The van der Waals surface area contributed by atoms with Crippen LogP contribution < -0.4 is 31.1 Å². The van der Waals surface area contributed by atoms with Crippen LogP contribution in [0, 0.1) is 0 Å². The van der Waals surface area contributed by atoms with Crippen LogP contribution in [0.4, 0.5) is 51.2 Å². The molecule has 3 aliphatic rings. The Balaban J connectivity index is 1.07. The molecule has 0 radical (unpaired) electrons. The molecule has 310 valence electrons. The van der Waals surface area contributed by atoms with E-state index in [0.717, 1.165) is 50.3 Å². The average Bonchev–Trinajstić information content (AvgIpc) is 3.77. The van der Waals surface area contributed by atoms with Crippen LogP contribution in [0.3, 0.4) is 0 Å². The number of furan rings is 1. The lowest BCUT2D eigenvalue weighted by molar-refractivity contribution is 0.444. The van der Waals surface area contributed by atoms with E-state index in [0.29, 0.717) is 5.92 Å². The number of benzene rings is 9. The smallest absolute Gasteiger partial charge is 0.252 e. The van der Waals surface area contributed by atoms with Crippen molar-refractivity contribution in [2.75, 3.05) is 14.7 Å². The molecule has 0 atom stereocenters. The fraction of sp³-hybridized carbons (Fsp3) is 0.100. The molecule has 0 spiro atoms. The van der Waals surface area contributed by atoms with Gasteiger partial charge in [-0.3, -0.25) is 0 Å². The van der Waals surface area contributed by atoms with E-state index in [2.05, 4.69) is 221 Å². The number of hydrogen-bond acceptors (Lipinski definition) is 4. The van der Waals surface area contributed by atoms with E-state index in [1.165, 1.54) is 88.1 Å². The molecule has 0 amide bonds. The number of fused-ring (bicyclic) bond motifs is 7. The molecule has 0 bridgehead atoms. The van der Waals surface area contributed by atoms with Gasteiger partial charge in [0.05, 0.1) is 0 Å². The zero-order valence-electron chi connectivity index (χ0n) is 36.1. The standard InChI is InChI=1S/C60H46BN3O/c1-5-18-41(19-6-1)43-38-55-60-56(39-43)64(47-34-32-42(33-35-47)49-27-17-31-58-59(49)50-26-13-16-30-57(50)65-58)54-40-48(62(44-20-7-2-8-21-44)45-22-9-3-10-23-45)36-37-52(54)61(60)51-28-14-15-29-53(51)63(55)46-24-11-4-12-25-46/h2-4,7-17,20-41H,1,5-6,18-19H2. The SMILES string of the molecule is c1ccc(N(c2ccccc2)c2ccc3c(c2)N(c2ccc(-c4cccc5oc6ccccc6c45)cc2)c2cc(C4CCCCC4)cc4c2B3c2ccccc2N4c2ccccc2)cc1. The fourth-order valence-corrected chi connectivity index (χ4v) is 11.3. The Labute approximate surface area is 380 Å². The maximum absolute atomic E-state index is 6.35. The summed E-state index contributed by atoms with van der Waals surface area (Å²) in [4.78, 5) is 7.52. The third kappa shape index (κ3) is 6.21. The molecule has 0 saturated heterocycles. The molecule has 13 rings (SSSR count). The van der Waals surface area contributed by atoms with Crippen molar-refractivity contribution in [2.45, 2.75) is 38.0 Å². The molecule has 1 aromatic heterocycles. The maximum Gasteiger partial charge on any atom is 0.252 e. The Morgan fingerprint density at radius 2 is 1.05 bits per heavy atom. The molecule has 65 heavy (non-hydrogen) atoms. The first-order chi connectivity index (χ1) is 32.3. The third-order valence-electron chi connectivity index (χ3n) is 14.2. The molecule has 9 aromatic carbocycles. The lowest BCUT2D eigenvalue weighted by Gasteiger charge is -2.45. The summed E-state index contributed by atoms with van der Waals surface area (Å²) in [5.41, 5.74) is 20.2. The molecule has 1 saturated carbocycles. The topological polar surface area (TPSA) is 22.9 Å². The highest BCUT2D eigenvalue weighted by molar-refractivity contribution is 7.00. The molecule has 2 aliphatic heterocycles. The highest BCUT2D eigenvalue weighted by Crippen LogP contribution is 2.48. The quantitative estimate of drug-likeness (QED) is 0.149. The predicted molar refractivity (Wildman–Crippen MR) is 274 cm³/mol. The second-order valence-corrected chi connectivity index (χ2v) is 17.9. The van der Waals surface area contributed by atoms with Gasteiger partial charge in [0.2, 0.25) is 0 Å². The average molecular weight is 836 g/mol. The van der Waals surface area contributed by atoms with Crippen LogP contribution in [0.15, 0.2) is 217 Å². The maximum atomic E-state index is 6.35. The van der Waals surface area contributed by atoms with E-state index < -0.39 is 0 Å². The van der Waals surface area contributed by atoms with Crippen molar-refractivity contribution in [1.29, 1.82) is 0 Å². The third-order valence-corrected chi connectivity index (χ3v) is 14.2. The minimum Gasteiger partial charge on any atom is -0.456 e. The predicted octanol–water partition coefficient (Wildman–Crippen LogP) is 14.9. The lowest BCUT2D eigenvalue weighted by atomic mass is 9.33. The van der Waals surface area contributed by atoms with Gasteiger partial charge in [0.15, 0.2) is 0 Å². The zero-order valence-corrected chi connectivity index (χ0v) is 36.1. The van der Waals surface area contributed by atoms with Gasteiger partial charge >= 0.3 is 0 Å². The number of nitrogens with zero attached hydrogens (tertiary/aromatic N) is 3. The van der Waals surface area contributed by atoms with Crippen LogP contribution in [0.1, 0.15) is 43.6 Å². The largest absolute Gasteiger partial charge is 0.456 e. The summed E-state index contributed by atoms with van der Waals surface area (Å²) in [7, 11) is 0. The minimum atomic E-state index is 0.0324. The van der Waals surface area contributed by atoms with E-state index in [-0.39, 0.29) is 6.71 Å². The van der Waals surface area contributed by atoms with Crippen molar-refractivity contribution in [3.63, 3.8) is 0 Å². The molecule has 10 aromatic rings. The van der Waals surface area contributed by atoms with E-state index >= 15 is 0 Å². The summed E-state index contributed by atoms with van der Waals surface area (Å²) in [6.07, 6.45) is 6.30. The Hall–Kier alpha value is -7.76. The highest BCUT2D eigenvalue weighted by Gasteiger charge is 2.44. The summed E-state index contributed by atoms with van der Waals surface area (Å²) >= 11 is 0. The molecule has 4 nitrogen and oxygen atoms in total. The second-order valence-electron chi connectivity index (χ2n) is 17.9.